The average molecular weight is 129 g/mol. The molecule has 0 aromatic carbocycles. The zero-order valence-corrected chi connectivity index (χ0v) is 5.44. The summed E-state index contributed by atoms with van der Waals surface area (Å²) >= 11 is 0. The van der Waals surface area contributed by atoms with Crippen molar-refractivity contribution in [3.05, 3.63) is 0 Å². The van der Waals surface area contributed by atoms with Crippen LogP contribution in [0.5, 0.6) is 0 Å². The minimum absolute atomic E-state index is 0.527. The first-order chi connectivity index (χ1) is 4.39. The highest BCUT2D eigenvalue weighted by atomic mass is 19.1. The van der Waals surface area contributed by atoms with Gasteiger partial charge in [0, 0.05) is 0 Å². The Labute approximate surface area is 55.6 Å². The van der Waals surface area contributed by atoms with Crippen molar-refractivity contribution in [3.8, 4) is 12.8 Å². The molecule has 1 N–H and O–H groups in total. The van der Waals surface area contributed by atoms with Crippen molar-refractivity contribution in [2.75, 3.05) is 13.1 Å². The molecule has 1 rings (SSSR count). The molecule has 0 spiro atoms. The molecule has 1 saturated heterocycles. The summed E-state index contributed by atoms with van der Waals surface area (Å²) < 4.78 is 12.1. The summed E-state index contributed by atoms with van der Waals surface area (Å²) in [4.78, 5) is 0. The Hall–Kier alpha value is -0.550. The highest BCUT2D eigenvalue weighted by molar-refractivity contribution is 4.65. The molecule has 0 aliphatic carbocycles. The predicted octanol–water partition coefficient (Wildman–Crippen LogP) is 0.957. The number of halogens is 1. The molecule has 0 aromatic heterocycles. The van der Waals surface area contributed by atoms with Crippen LogP contribution in [0.2, 0.25) is 0 Å². The van der Waals surface area contributed by atoms with Crippen LogP contribution in [0.4, 0.5) is 4.39 Å². The lowest BCUT2D eigenvalue weighted by atomic mass is 10.1. The van der Waals surface area contributed by atoms with Gasteiger partial charge in [0.05, 0.1) is 0 Å². The van der Waals surface area contributed by atoms with Crippen molar-refractivity contribution >= 4 is 0 Å². The molecule has 52 valence electrons. The molecule has 2 heteroatoms. The first-order valence-electron chi connectivity index (χ1n) is 3.08. The molecule has 1 nitrogen and oxygen atoms in total. The molecule has 0 aromatic rings. The molecule has 0 radical (unpaired) electrons. The van der Waals surface area contributed by atoms with Crippen LogP contribution in [0.25, 0.3) is 0 Å². The second-order valence-corrected chi connectivity index (χ2v) is 1.92. The van der Waals surface area contributed by atoms with Gasteiger partial charge in [-0.25, -0.2) is 4.39 Å². The van der Waals surface area contributed by atoms with Crippen LogP contribution >= 0.6 is 0 Å². The Kier molecular flexibility index (Phi) is 5.24. The van der Waals surface area contributed by atoms with Crippen molar-refractivity contribution in [1.82, 2.24) is 5.32 Å². The third-order valence-electron chi connectivity index (χ3n) is 1.27. The Morgan fingerprint density at radius 2 is 1.67 bits per heavy atom. The van der Waals surface area contributed by atoms with Crippen LogP contribution in [0.15, 0.2) is 0 Å². The Morgan fingerprint density at radius 1 is 1.22 bits per heavy atom. The summed E-state index contributed by atoms with van der Waals surface area (Å²) in [5, 5.41) is 3.08. The first-order valence-corrected chi connectivity index (χ1v) is 3.08. The van der Waals surface area contributed by atoms with Crippen molar-refractivity contribution in [2.45, 2.75) is 19.0 Å². The fraction of sp³-hybridized carbons (Fsp3) is 0.714. The van der Waals surface area contributed by atoms with Gasteiger partial charge in [-0.1, -0.05) is 0 Å². The van der Waals surface area contributed by atoms with Gasteiger partial charge in [0.2, 0.25) is 0 Å². The third-order valence-corrected chi connectivity index (χ3v) is 1.27. The van der Waals surface area contributed by atoms with Crippen molar-refractivity contribution < 1.29 is 4.39 Å². The molecule has 0 unspecified atom stereocenters. The molecule has 0 saturated carbocycles. The number of hydrogen-bond acceptors (Lipinski definition) is 1. The van der Waals surface area contributed by atoms with E-state index in [4.69, 9.17) is 0 Å². The maximum absolute atomic E-state index is 12.1. The number of terminal acetylenes is 1. The first kappa shape index (κ1) is 8.45. The van der Waals surface area contributed by atoms with E-state index in [0.29, 0.717) is 12.8 Å². The van der Waals surface area contributed by atoms with Crippen LogP contribution < -0.4 is 5.32 Å². The van der Waals surface area contributed by atoms with Gasteiger partial charge in [-0.2, -0.15) is 0 Å². The summed E-state index contributed by atoms with van der Waals surface area (Å²) in [6, 6.07) is 0. The van der Waals surface area contributed by atoms with Gasteiger partial charge in [0.25, 0.3) is 0 Å². The van der Waals surface area contributed by atoms with E-state index in [-0.39, 0.29) is 0 Å². The maximum atomic E-state index is 12.1. The summed E-state index contributed by atoms with van der Waals surface area (Å²) in [6.45, 7) is 1.72. The molecule has 9 heavy (non-hydrogen) atoms. The second kappa shape index (κ2) is 5.58. The Balaban J connectivity index is 0.000000291. The topological polar surface area (TPSA) is 12.0 Å². The van der Waals surface area contributed by atoms with Crippen molar-refractivity contribution in [2.24, 2.45) is 0 Å². The molecule has 0 bridgehead atoms. The average Bonchev–Trinajstić information content (AvgIpc) is 1.94. The SMILES string of the molecule is C#C.FC1CCNCC1. The van der Waals surface area contributed by atoms with Crippen LogP contribution in [-0.4, -0.2) is 19.3 Å². The number of nitrogens with one attached hydrogen (secondary N) is 1. The Morgan fingerprint density at radius 3 is 1.89 bits per heavy atom. The number of alkyl halides is 1. The van der Waals surface area contributed by atoms with Gasteiger partial charge in [0.1, 0.15) is 6.17 Å². The molecular weight excluding hydrogens is 117 g/mol. The van der Waals surface area contributed by atoms with Gasteiger partial charge in [-0.05, 0) is 25.9 Å². The fourth-order valence-corrected chi connectivity index (χ4v) is 0.787. The van der Waals surface area contributed by atoms with E-state index in [0.717, 1.165) is 13.1 Å². The lowest BCUT2D eigenvalue weighted by molar-refractivity contribution is 0.262. The van der Waals surface area contributed by atoms with Crippen molar-refractivity contribution in [3.63, 3.8) is 0 Å². The standard InChI is InChI=1S/C5H10FN.C2H2/c6-5-1-3-7-4-2-5;1-2/h5,7H,1-4H2;1-2H. The van der Waals surface area contributed by atoms with E-state index in [1.54, 1.807) is 0 Å². The molecular formula is C7H12FN. The zero-order valence-electron chi connectivity index (χ0n) is 5.44. The molecule has 1 aliphatic rings. The monoisotopic (exact) mass is 129 g/mol. The fourth-order valence-electron chi connectivity index (χ4n) is 0.787. The lowest BCUT2D eigenvalue weighted by Crippen LogP contribution is -2.28. The van der Waals surface area contributed by atoms with Gasteiger partial charge in [0.15, 0.2) is 0 Å². The van der Waals surface area contributed by atoms with E-state index in [1.807, 2.05) is 0 Å². The van der Waals surface area contributed by atoms with E-state index in [2.05, 4.69) is 18.2 Å². The van der Waals surface area contributed by atoms with Gasteiger partial charge >= 0.3 is 0 Å². The molecule has 0 atom stereocenters. The highest BCUT2D eigenvalue weighted by Gasteiger charge is 2.09. The minimum atomic E-state index is -0.527. The Bertz CT molecular complexity index is 74.2. The van der Waals surface area contributed by atoms with E-state index in [1.165, 1.54) is 0 Å². The molecule has 0 amide bonds. The molecule has 1 aliphatic heterocycles. The van der Waals surface area contributed by atoms with Crippen molar-refractivity contribution in [1.29, 1.82) is 0 Å². The van der Waals surface area contributed by atoms with Crippen LogP contribution in [0.3, 0.4) is 0 Å². The zero-order chi connectivity index (χ0) is 7.11. The highest BCUT2D eigenvalue weighted by Crippen LogP contribution is 2.04. The summed E-state index contributed by atoms with van der Waals surface area (Å²) in [5.74, 6) is 0. The molecule has 1 heterocycles. The normalized spacial score (nSPS) is 19.9. The minimum Gasteiger partial charge on any atom is -0.317 e. The van der Waals surface area contributed by atoms with Gasteiger partial charge in [-0.3, -0.25) is 0 Å². The van der Waals surface area contributed by atoms with E-state index in [9.17, 15) is 4.39 Å². The number of hydrogen-bond donors (Lipinski definition) is 1. The molecule has 1 fully saturated rings. The number of rotatable bonds is 0. The second-order valence-electron chi connectivity index (χ2n) is 1.92. The van der Waals surface area contributed by atoms with Gasteiger partial charge < -0.3 is 5.32 Å². The van der Waals surface area contributed by atoms with Crippen LogP contribution in [0, 0.1) is 12.8 Å². The predicted molar refractivity (Wildman–Crippen MR) is 36.9 cm³/mol. The van der Waals surface area contributed by atoms with E-state index >= 15 is 0 Å². The number of piperidine rings is 1. The quantitative estimate of drug-likeness (QED) is 0.480. The summed E-state index contributed by atoms with van der Waals surface area (Å²) in [5.41, 5.74) is 0. The summed E-state index contributed by atoms with van der Waals surface area (Å²) in [6.07, 6.45) is 8.89. The lowest BCUT2D eigenvalue weighted by Gasteiger charge is -2.14. The van der Waals surface area contributed by atoms with Crippen LogP contribution in [0.1, 0.15) is 12.8 Å². The van der Waals surface area contributed by atoms with E-state index < -0.39 is 6.17 Å². The maximum Gasteiger partial charge on any atom is 0.103 e. The van der Waals surface area contributed by atoms with Gasteiger partial charge in [-0.15, -0.1) is 12.8 Å². The largest absolute Gasteiger partial charge is 0.317 e. The van der Waals surface area contributed by atoms with Crippen LogP contribution in [-0.2, 0) is 0 Å². The summed E-state index contributed by atoms with van der Waals surface area (Å²) in [7, 11) is 0. The smallest absolute Gasteiger partial charge is 0.103 e. The third kappa shape index (κ3) is 3.99.